The first-order valence-corrected chi connectivity index (χ1v) is 10.1. The molecule has 0 saturated carbocycles. The fraction of sp³-hybridized carbons (Fsp3) is 0.0417. The summed E-state index contributed by atoms with van der Waals surface area (Å²) < 4.78 is 13.9. The molecule has 9 heteroatoms. The Labute approximate surface area is 188 Å². The number of aromatic nitrogens is 6. The summed E-state index contributed by atoms with van der Waals surface area (Å²) in [6, 6.07) is 8.20. The van der Waals surface area contributed by atoms with Crippen molar-refractivity contribution in [2.24, 2.45) is 0 Å². The first-order valence-electron chi connectivity index (χ1n) is 10.1. The van der Waals surface area contributed by atoms with Crippen molar-refractivity contribution in [1.29, 1.82) is 0 Å². The summed E-state index contributed by atoms with van der Waals surface area (Å²) >= 11 is 0. The molecule has 0 bridgehead atoms. The highest BCUT2D eigenvalue weighted by Gasteiger charge is 2.15. The molecule has 5 rings (SSSR count). The molecule has 4 heterocycles. The fourth-order valence-electron chi connectivity index (χ4n) is 3.63. The van der Waals surface area contributed by atoms with Crippen molar-refractivity contribution >= 4 is 28.1 Å². The van der Waals surface area contributed by atoms with Crippen LogP contribution in [0.1, 0.15) is 11.3 Å². The number of nitrogen functional groups attached to an aromatic ring is 1. The summed E-state index contributed by atoms with van der Waals surface area (Å²) in [6.45, 7) is 6.07. The van der Waals surface area contributed by atoms with Crippen LogP contribution >= 0.6 is 0 Å². The quantitative estimate of drug-likeness (QED) is 0.344. The lowest BCUT2D eigenvalue weighted by Crippen LogP contribution is -2.02. The van der Waals surface area contributed by atoms with Crippen molar-refractivity contribution in [3.05, 3.63) is 85.1 Å². The first kappa shape index (κ1) is 20.3. The third kappa shape index (κ3) is 3.87. The number of hydrogen-bond donors (Lipinski definition) is 3. The van der Waals surface area contributed by atoms with Crippen LogP contribution < -0.4 is 11.1 Å². The zero-order valence-electron chi connectivity index (χ0n) is 17.7. The lowest BCUT2D eigenvalue weighted by atomic mass is 10.0. The fourth-order valence-corrected chi connectivity index (χ4v) is 3.63. The van der Waals surface area contributed by atoms with Crippen molar-refractivity contribution in [3.63, 3.8) is 0 Å². The Hall–Kier alpha value is -4.66. The predicted octanol–water partition coefficient (Wildman–Crippen LogP) is 4.59. The Balaban J connectivity index is 1.49. The van der Waals surface area contributed by atoms with Gasteiger partial charge in [-0.2, -0.15) is 5.10 Å². The molecule has 0 atom stereocenters. The normalized spacial score (nSPS) is 11.0. The van der Waals surface area contributed by atoms with Gasteiger partial charge in [0, 0.05) is 35.4 Å². The lowest BCUT2D eigenvalue weighted by Gasteiger charge is -2.14. The van der Waals surface area contributed by atoms with Gasteiger partial charge in [-0.05, 0) is 48.4 Å². The summed E-state index contributed by atoms with van der Waals surface area (Å²) in [7, 11) is 0. The molecular formula is C24H19FN8. The van der Waals surface area contributed by atoms with Gasteiger partial charge in [-0.15, -0.1) is 0 Å². The third-order valence-corrected chi connectivity index (χ3v) is 5.28. The molecule has 4 N–H and O–H groups in total. The first-order chi connectivity index (χ1) is 16.0. The number of anilines is 2. The van der Waals surface area contributed by atoms with Crippen LogP contribution in [0.5, 0.6) is 0 Å². The molecule has 4 aromatic heterocycles. The van der Waals surface area contributed by atoms with Gasteiger partial charge in [0.15, 0.2) is 0 Å². The molecular weight excluding hydrogens is 419 g/mol. The van der Waals surface area contributed by atoms with E-state index >= 15 is 0 Å². The van der Waals surface area contributed by atoms with Crippen molar-refractivity contribution < 1.29 is 4.39 Å². The second-order valence-electron chi connectivity index (χ2n) is 7.53. The van der Waals surface area contributed by atoms with Crippen molar-refractivity contribution in [1.82, 2.24) is 30.1 Å². The van der Waals surface area contributed by atoms with Crippen LogP contribution in [0.15, 0.2) is 68.0 Å². The number of rotatable bonds is 5. The summed E-state index contributed by atoms with van der Waals surface area (Å²) in [5.74, 6) is -0.402. The van der Waals surface area contributed by atoms with Crippen LogP contribution in [0, 0.1) is 12.7 Å². The summed E-state index contributed by atoms with van der Waals surface area (Å²) in [6.07, 6.45) is 8.24. The van der Waals surface area contributed by atoms with Gasteiger partial charge in [0.1, 0.15) is 23.4 Å². The van der Waals surface area contributed by atoms with E-state index < -0.39 is 5.82 Å². The number of pyridine rings is 2. The minimum atomic E-state index is -0.402. The third-order valence-electron chi connectivity index (χ3n) is 5.28. The molecule has 162 valence electrons. The maximum absolute atomic E-state index is 13.9. The summed E-state index contributed by atoms with van der Waals surface area (Å²) in [5, 5.41) is 10.6. The van der Waals surface area contributed by atoms with E-state index in [2.05, 4.69) is 37.0 Å². The van der Waals surface area contributed by atoms with Gasteiger partial charge in [-0.1, -0.05) is 6.58 Å². The van der Waals surface area contributed by atoms with Gasteiger partial charge in [0.05, 0.1) is 28.8 Å². The van der Waals surface area contributed by atoms with Crippen LogP contribution in [-0.2, 0) is 0 Å². The number of fused-ring (bicyclic) bond motifs is 1. The number of halogens is 1. The number of nitrogens with two attached hydrogens (primary N) is 1. The Morgan fingerprint density at radius 1 is 1.03 bits per heavy atom. The minimum absolute atomic E-state index is 0.348. The zero-order valence-corrected chi connectivity index (χ0v) is 17.7. The maximum atomic E-state index is 13.9. The molecule has 8 nitrogen and oxygen atoms in total. The van der Waals surface area contributed by atoms with E-state index in [1.807, 2.05) is 19.1 Å². The Morgan fingerprint density at radius 3 is 2.64 bits per heavy atom. The Morgan fingerprint density at radius 2 is 1.85 bits per heavy atom. The predicted molar refractivity (Wildman–Crippen MR) is 126 cm³/mol. The highest BCUT2D eigenvalue weighted by Crippen LogP contribution is 2.31. The van der Waals surface area contributed by atoms with Crippen molar-refractivity contribution in [2.45, 2.75) is 6.92 Å². The van der Waals surface area contributed by atoms with E-state index in [4.69, 9.17) is 10.7 Å². The number of hydrogen-bond acceptors (Lipinski definition) is 7. The molecule has 0 spiro atoms. The van der Waals surface area contributed by atoms with Gasteiger partial charge in [-0.3, -0.25) is 10.1 Å². The SMILES string of the molecule is C=C(Nc1cncc(-c2cc(N)cc(F)c2)c1C)c1n[nH]c2ccc(-c3cncnc3)nc12. The van der Waals surface area contributed by atoms with Crippen LogP contribution in [0.4, 0.5) is 15.8 Å². The maximum Gasteiger partial charge on any atom is 0.134 e. The second kappa shape index (κ2) is 8.12. The summed E-state index contributed by atoms with van der Waals surface area (Å²) in [4.78, 5) is 17.1. The van der Waals surface area contributed by atoms with E-state index in [0.717, 1.165) is 27.9 Å². The largest absolute Gasteiger partial charge is 0.399 e. The molecule has 0 unspecified atom stereocenters. The van der Waals surface area contributed by atoms with Gasteiger partial charge >= 0.3 is 0 Å². The van der Waals surface area contributed by atoms with E-state index in [1.165, 1.54) is 18.5 Å². The molecule has 1 aromatic carbocycles. The average Bonchev–Trinajstić information content (AvgIpc) is 3.24. The number of H-pyrrole nitrogens is 1. The topological polar surface area (TPSA) is 118 Å². The van der Waals surface area contributed by atoms with Gasteiger partial charge in [0.2, 0.25) is 0 Å². The number of aromatic amines is 1. The van der Waals surface area contributed by atoms with E-state index in [1.54, 1.807) is 30.9 Å². The summed E-state index contributed by atoms with van der Waals surface area (Å²) in [5.41, 5.74) is 13.2. The monoisotopic (exact) mass is 438 g/mol. The highest BCUT2D eigenvalue weighted by molar-refractivity contribution is 5.91. The Kier molecular flexibility index (Phi) is 4.98. The molecule has 0 aliphatic rings. The molecule has 0 aliphatic heterocycles. The zero-order chi connectivity index (χ0) is 22.9. The van der Waals surface area contributed by atoms with Crippen LogP contribution in [0.3, 0.4) is 0 Å². The van der Waals surface area contributed by atoms with E-state index in [9.17, 15) is 4.39 Å². The van der Waals surface area contributed by atoms with Gasteiger partial charge in [-0.25, -0.2) is 19.3 Å². The van der Waals surface area contributed by atoms with Crippen molar-refractivity contribution in [2.75, 3.05) is 11.1 Å². The number of nitrogens with one attached hydrogen (secondary N) is 2. The smallest absolute Gasteiger partial charge is 0.134 e. The lowest BCUT2D eigenvalue weighted by molar-refractivity contribution is 0.629. The van der Waals surface area contributed by atoms with Crippen LogP contribution in [-0.4, -0.2) is 30.1 Å². The van der Waals surface area contributed by atoms with Crippen LogP contribution in [0.2, 0.25) is 0 Å². The molecule has 0 amide bonds. The molecule has 5 aromatic rings. The van der Waals surface area contributed by atoms with Gasteiger partial charge in [0.25, 0.3) is 0 Å². The minimum Gasteiger partial charge on any atom is -0.399 e. The average molecular weight is 438 g/mol. The molecule has 33 heavy (non-hydrogen) atoms. The Bertz CT molecular complexity index is 1470. The molecule has 0 saturated heterocycles. The van der Waals surface area contributed by atoms with Gasteiger partial charge < -0.3 is 11.1 Å². The van der Waals surface area contributed by atoms with E-state index in [0.29, 0.717) is 33.8 Å². The number of benzene rings is 1. The molecule has 0 radical (unpaired) electrons. The molecule has 0 aliphatic carbocycles. The van der Waals surface area contributed by atoms with E-state index in [-0.39, 0.29) is 0 Å². The van der Waals surface area contributed by atoms with Crippen LogP contribution in [0.25, 0.3) is 39.1 Å². The highest BCUT2D eigenvalue weighted by atomic mass is 19.1. The standard InChI is InChI=1S/C24H19FN8/c1-13-19(15-5-17(25)7-18(26)6-15)10-27-11-22(13)30-14(2)23-24-21(32-33-23)4-3-20(31-24)16-8-28-12-29-9-16/h3-12,30H,2,26H2,1H3,(H,32,33). The molecule has 0 fully saturated rings. The second-order valence-corrected chi connectivity index (χ2v) is 7.53. The number of nitrogens with zero attached hydrogens (tertiary/aromatic N) is 5. The van der Waals surface area contributed by atoms with Crippen molar-refractivity contribution in [3.8, 4) is 22.4 Å².